The zero-order valence-electron chi connectivity index (χ0n) is 20.0. The molecule has 0 aromatic heterocycles. The molecule has 0 saturated heterocycles. The Morgan fingerprint density at radius 2 is 1.85 bits per heavy atom. The number of carbonyl (C=O) groups excluding carboxylic acids is 3. The molecule has 8 heteroatoms. The smallest absolute Gasteiger partial charge is 0.337 e. The molecule has 3 aliphatic rings. The average molecular weight is 470 g/mol. The maximum Gasteiger partial charge on any atom is 0.337 e. The van der Waals surface area contributed by atoms with Gasteiger partial charge in [0.1, 0.15) is 12.0 Å². The second kappa shape index (κ2) is 9.52. The van der Waals surface area contributed by atoms with Crippen molar-refractivity contribution in [3.63, 3.8) is 0 Å². The van der Waals surface area contributed by atoms with Crippen LogP contribution in [0.25, 0.3) is 0 Å². The van der Waals surface area contributed by atoms with Crippen LogP contribution in [0.1, 0.15) is 57.4 Å². The second-order valence-electron chi connectivity index (χ2n) is 9.28. The number of ether oxygens (including phenoxy) is 3. The van der Waals surface area contributed by atoms with E-state index in [1.54, 1.807) is 19.1 Å². The van der Waals surface area contributed by atoms with Crippen LogP contribution in [0, 0.1) is 11.8 Å². The highest BCUT2D eigenvalue weighted by Gasteiger charge is 2.47. The topological polar surface area (TPSA) is 111 Å². The Morgan fingerprint density at radius 1 is 1.15 bits per heavy atom. The Hall–Kier alpha value is -3.29. The number of hydrogen-bond acceptors (Lipinski definition) is 8. The number of allylic oxidation sites excluding steroid dienone is 3. The van der Waals surface area contributed by atoms with Crippen LogP contribution in [0.15, 0.2) is 40.7 Å². The van der Waals surface area contributed by atoms with Gasteiger partial charge in [-0.3, -0.25) is 9.59 Å². The Balaban J connectivity index is 1.84. The fraction of sp³-hybridized carbons (Fsp3) is 0.500. The van der Waals surface area contributed by atoms with Gasteiger partial charge in [0, 0.05) is 22.9 Å². The van der Waals surface area contributed by atoms with Gasteiger partial charge in [-0.15, -0.1) is 0 Å². The van der Waals surface area contributed by atoms with Crippen LogP contribution in [0.4, 0.5) is 0 Å². The molecule has 2 aliphatic carbocycles. The number of hydrogen-bond donors (Lipinski definition) is 2. The van der Waals surface area contributed by atoms with Crippen LogP contribution in [0.2, 0.25) is 0 Å². The van der Waals surface area contributed by atoms with Crippen LogP contribution < -0.4 is 10.1 Å². The normalized spacial score (nSPS) is 25.1. The minimum absolute atomic E-state index is 0.0544. The van der Waals surface area contributed by atoms with Crippen molar-refractivity contribution in [1.29, 1.82) is 0 Å². The van der Waals surface area contributed by atoms with Gasteiger partial charge in [-0.2, -0.15) is 0 Å². The first-order valence-corrected chi connectivity index (χ1v) is 11.7. The van der Waals surface area contributed by atoms with E-state index in [4.69, 9.17) is 14.2 Å². The van der Waals surface area contributed by atoms with E-state index in [1.165, 1.54) is 20.3 Å². The van der Waals surface area contributed by atoms with E-state index in [0.717, 1.165) is 25.7 Å². The molecule has 0 radical (unpaired) electrons. The molecule has 34 heavy (non-hydrogen) atoms. The lowest BCUT2D eigenvalue weighted by Gasteiger charge is -2.38. The van der Waals surface area contributed by atoms with Gasteiger partial charge in [-0.1, -0.05) is 13.0 Å². The first-order chi connectivity index (χ1) is 16.3. The molecule has 182 valence electrons. The third kappa shape index (κ3) is 4.17. The number of dihydropyridines is 1. The van der Waals surface area contributed by atoms with Crippen molar-refractivity contribution >= 4 is 17.7 Å². The number of methoxy groups -OCH3 is 2. The molecular weight excluding hydrogens is 438 g/mol. The van der Waals surface area contributed by atoms with E-state index in [1.807, 2.05) is 6.92 Å². The maximum atomic E-state index is 13.7. The molecule has 0 bridgehead atoms. The molecule has 1 aromatic rings. The summed E-state index contributed by atoms with van der Waals surface area (Å²) in [5.74, 6) is -3.27. The van der Waals surface area contributed by atoms with Gasteiger partial charge < -0.3 is 24.6 Å². The van der Waals surface area contributed by atoms with Crippen molar-refractivity contribution in [2.24, 2.45) is 11.8 Å². The van der Waals surface area contributed by atoms with Crippen molar-refractivity contribution in [2.75, 3.05) is 14.2 Å². The third-order valence-electron chi connectivity index (χ3n) is 7.08. The summed E-state index contributed by atoms with van der Waals surface area (Å²) in [5, 5.41) is 13.4. The number of rotatable bonds is 5. The molecule has 1 saturated carbocycles. The number of carbonyl (C=O) groups is 3. The van der Waals surface area contributed by atoms with Gasteiger partial charge >= 0.3 is 11.9 Å². The molecule has 1 aromatic carbocycles. The summed E-state index contributed by atoms with van der Waals surface area (Å²) in [6.07, 6.45) is 3.96. The maximum absolute atomic E-state index is 13.7. The van der Waals surface area contributed by atoms with Crippen LogP contribution in [-0.2, 0) is 23.9 Å². The number of Topliss-reactive ketones (excluding diaryl/α,β-unsaturated/α-hetero) is 1. The molecule has 2 N–H and O–H groups in total. The predicted molar refractivity (Wildman–Crippen MR) is 123 cm³/mol. The van der Waals surface area contributed by atoms with E-state index in [2.05, 4.69) is 5.32 Å². The highest BCUT2D eigenvalue weighted by Crippen LogP contribution is 2.47. The van der Waals surface area contributed by atoms with Gasteiger partial charge in [0.25, 0.3) is 0 Å². The molecule has 1 fully saturated rings. The summed E-state index contributed by atoms with van der Waals surface area (Å²) >= 11 is 0. The molecule has 0 amide bonds. The zero-order valence-corrected chi connectivity index (χ0v) is 20.0. The van der Waals surface area contributed by atoms with E-state index >= 15 is 0 Å². The van der Waals surface area contributed by atoms with E-state index in [0.29, 0.717) is 34.5 Å². The third-order valence-corrected chi connectivity index (χ3v) is 7.08. The number of esters is 2. The minimum Gasteiger partial charge on any atom is -0.504 e. The molecule has 1 heterocycles. The van der Waals surface area contributed by atoms with Crippen LogP contribution in [0.3, 0.4) is 0 Å². The first kappa shape index (κ1) is 23.9. The average Bonchev–Trinajstić information content (AvgIpc) is 3.31. The largest absolute Gasteiger partial charge is 0.504 e. The van der Waals surface area contributed by atoms with Gasteiger partial charge in [-0.25, -0.2) is 4.79 Å². The Kier molecular flexibility index (Phi) is 6.68. The highest BCUT2D eigenvalue weighted by molar-refractivity contribution is 6.12. The zero-order chi connectivity index (χ0) is 24.6. The fourth-order valence-electron chi connectivity index (χ4n) is 5.38. The lowest BCUT2D eigenvalue weighted by molar-refractivity contribution is -0.151. The number of benzene rings is 1. The summed E-state index contributed by atoms with van der Waals surface area (Å²) in [4.78, 5) is 39.7. The van der Waals surface area contributed by atoms with Gasteiger partial charge in [-0.05, 0) is 62.6 Å². The lowest BCUT2D eigenvalue weighted by Crippen LogP contribution is -2.43. The second-order valence-corrected chi connectivity index (χ2v) is 9.28. The number of nitrogens with one attached hydrogen (secondary N) is 1. The predicted octanol–water partition coefficient (Wildman–Crippen LogP) is 3.50. The van der Waals surface area contributed by atoms with Gasteiger partial charge in [0.05, 0.1) is 19.8 Å². The SMILES string of the molecule is COC(=O)[C@H]1C(=O)C2=C(C[C@H]1C)NC(C)=C(C(=O)OC1CCCC1)[C@H]2c1ccc(O)c(OC)c1. The molecule has 4 rings (SSSR count). The summed E-state index contributed by atoms with van der Waals surface area (Å²) in [6.45, 7) is 3.63. The molecule has 0 spiro atoms. The number of aromatic hydroxyl groups is 1. The monoisotopic (exact) mass is 469 g/mol. The van der Waals surface area contributed by atoms with Crippen LogP contribution >= 0.6 is 0 Å². The summed E-state index contributed by atoms with van der Waals surface area (Å²) in [7, 11) is 2.70. The van der Waals surface area contributed by atoms with Gasteiger partial charge in [0.2, 0.25) is 0 Å². The minimum atomic E-state index is -0.961. The summed E-state index contributed by atoms with van der Waals surface area (Å²) in [5.41, 5.74) is 2.56. The van der Waals surface area contributed by atoms with Crippen molar-refractivity contribution in [3.8, 4) is 11.5 Å². The molecular formula is C26H31NO7. The van der Waals surface area contributed by atoms with E-state index < -0.39 is 23.8 Å². The van der Waals surface area contributed by atoms with Crippen molar-refractivity contribution in [3.05, 3.63) is 46.3 Å². The molecule has 8 nitrogen and oxygen atoms in total. The van der Waals surface area contributed by atoms with Crippen molar-refractivity contribution < 1.29 is 33.7 Å². The van der Waals surface area contributed by atoms with Crippen LogP contribution in [-0.4, -0.2) is 43.2 Å². The molecule has 1 aliphatic heterocycles. The van der Waals surface area contributed by atoms with Crippen molar-refractivity contribution in [2.45, 2.75) is 58.0 Å². The first-order valence-electron chi connectivity index (χ1n) is 11.7. The number of phenols is 1. The number of ketones is 1. The van der Waals surface area contributed by atoms with Gasteiger partial charge in [0.15, 0.2) is 17.3 Å². The van der Waals surface area contributed by atoms with Crippen LogP contribution in [0.5, 0.6) is 11.5 Å². The van der Waals surface area contributed by atoms with E-state index in [-0.39, 0.29) is 29.3 Å². The highest BCUT2D eigenvalue weighted by atomic mass is 16.5. The van der Waals surface area contributed by atoms with E-state index in [9.17, 15) is 19.5 Å². The summed E-state index contributed by atoms with van der Waals surface area (Å²) in [6, 6.07) is 4.75. The molecule has 0 unspecified atom stereocenters. The number of phenolic OH excluding ortho intramolecular Hbond substituents is 1. The van der Waals surface area contributed by atoms with Crippen molar-refractivity contribution in [1.82, 2.24) is 5.32 Å². The Bertz CT molecular complexity index is 1080. The fourth-order valence-corrected chi connectivity index (χ4v) is 5.38. The summed E-state index contributed by atoms with van der Waals surface area (Å²) < 4.78 is 16.1. The Morgan fingerprint density at radius 3 is 2.50 bits per heavy atom. The lowest BCUT2D eigenvalue weighted by atomic mass is 9.69. The standard InChI is InChI=1S/C26H31NO7/c1-13-11-17-23(24(29)20(13)25(30)33-4)22(15-9-10-18(28)19(12-15)32-3)21(14(2)27-17)26(31)34-16-7-5-6-8-16/h9-10,12-13,16,20,22,27-28H,5-8,11H2,1-4H3/t13-,20-,22-/m1/s1. The Labute approximate surface area is 199 Å². The molecule has 3 atom stereocenters. The quantitative estimate of drug-likeness (QED) is 0.498.